The van der Waals surface area contributed by atoms with Crippen LogP contribution in [0.2, 0.25) is 0 Å². The minimum Gasteiger partial charge on any atom is -0.364 e. The molecule has 1 aromatic rings. The summed E-state index contributed by atoms with van der Waals surface area (Å²) < 4.78 is 0.993. The number of hydrogen-bond donors (Lipinski definition) is 1. The lowest BCUT2D eigenvalue weighted by molar-refractivity contribution is -0.116. The molecule has 0 spiro atoms. The summed E-state index contributed by atoms with van der Waals surface area (Å²) in [6, 6.07) is 0. The summed E-state index contributed by atoms with van der Waals surface area (Å²) >= 11 is 0.792. The normalized spacial score (nSPS) is 11.5. The molecule has 0 unspecified atom stereocenters. The molecule has 0 aliphatic rings. The summed E-state index contributed by atoms with van der Waals surface area (Å²) in [5.41, 5.74) is 4.84. The number of carbonyl (C=O) groups excluding carboxylic acids is 3. The molecule has 2 amide bonds. The van der Waals surface area contributed by atoms with Crippen LogP contribution in [0.3, 0.4) is 0 Å². The van der Waals surface area contributed by atoms with Crippen molar-refractivity contribution in [2.75, 3.05) is 0 Å². The molecule has 0 saturated heterocycles. The van der Waals surface area contributed by atoms with Gasteiger partial charge in [0.15, 0.2) is 10.4 Å². The van der Waals surface area contributed by atoms with Crippen LogP contribution in [-0.2, 0) is 4.79 Å². The lowest BCUT2D eigenvalue weighted by Gasteiger charge is -1.87. The first-order valence-electron chi connectivity index (χ1n) is 3.88. The van der Waals surface area contributed by atoms with E-state index in [1.54, 1.807) is 0 Å². The highest BCUT2D eigenvalue weighted by Gasteiger charge is 2.13. The van der Waals surface area contributed by atoms with Gasteiger partial charge in [0, 0.05) is 13.8 Å². The Balaban J connectivity index is 3.43. The first-order chi connectivity index (χ1) is 6.91. The minimum absolute atomic E-state index is 0.0465. The zero-order valence-electron chi connectivity index (χ0n) is 8.05. The van der Waals surface area contributed by atoms with Crippen LogP contribution in [0.4, 0.5) is 0 Å². The average Bonchev–Trinajstić information content (AvgIpc) is 2.46. The standard InChI is InChI=1S/C7H8N4O3S/c1-3(12)9-7-5(6(8)14)10-11(15-7)4(2)13/h1-2H3,(H2,8,14). The smallest absolute Gasteiger partial charge is 0.272 e. The van der Waals surface area contributed by atoms with Crippen LogP contribution >= 0.6 is 11.5 Å². The van der Waals surface area contributed by atoms with Gasteiger partial charge >= 0.3 is 0 Å². The third-order valence-electron chi connectivity index (χ3n) is 1.33. The van der Waals surface area contributed by atoms with Gasteiger partial charge in [0.05, 0.1) is 0 Å². The quantitative estimate of drug-likeness (QED) is 0.675. The maximum atomic E-state index is 11.0. The van der Waals surface area contributed by atoms with E-state index in [0.29, 0.717) is 0 Å². The van der Waals surface area contributed by atoms with Gasteiger partial charge in [-0.05, 0) is 11.5 Å². The first kappa shape index (κ1) is 11.2. The Morgan fingerprint density at radius 2 is 2.00 bits per heavy atom. The fraction of sp³-hybridized carbons (Fsp3) is 0.286. The van der Waals surface area contributed by atoms with E-state index in [-0.39, 0.29) is 16.3 Å². The summed E-state index contributed by atoms with van der Waals surface area (Å²) in [6.45, 7) is 2.49. The number of rotatable bonds is 1. The summed E-state index contributed by atoms with van der Waals surface area (Å²) in [6.07, 6.45) is 0. The molecule has 0 radical (unpaired) electrons. The van der Waals surface area contributed by atoms with E-state index in [4.69, 9.17) is 5.73 Å². The molecule has 0 saturated carbocycles. The predicted octanol–water partition coefficient (Wildman–Crippen LogP) is -0.849. The van der Waals surface area contributed by atoms with Crippen LogP contribution in [-0.4, -0.2) is 26.9 Å². The highest BCUT2D eigenvalue weighted by atomic mass is 32.1. The van der Waals surface area contributed by atoms with Gasteiger partial charge in [0.2, 0.25) is 5.91 Å². The van der Waals surface area contributed by atoms with Crippen molar-refractivity contribution >= 4 is 29.3 Å². The Labute approximate surface area is 88.4 Å². The van der Waals surface area contributed by atoms with Crippen molar-refractivity contribution < 1.29 is 14.4 Å². The van der Waals surface area contributed by atoms with E-state index < -0.39 is 11.8 Å². The Hall–Kier alpha value is -1.83. The maximum absolute atomic E-state index is 11.0. The molecule has 8 heteroatoms. The van der Waals surface area contributed by atoms with Crippen molar-refractivity contribution in [1.82, 2.24) is 9.17 Å². The molecule has 2 N–H and O–H groups in total. The van der Waals surface area contributed by atoms with Gasteiger partial charge in [-0.1, -0.05) is 0 Å². The largest absolute Gasteiger partial charge is 0.364 e. The van der Waals surface area contributed by atoms with Crippen molar-refractivity contribution in [1.29, 1.82) is 0 Å². The second-order valence-electron chi connectivity index (χ2n) is 2.63. The molecule has 80 valence electrons. The second kappa shape index (κ2) is 4.13. The first-order valence-corrected chi connectivity index (χ1v) is 4.66. The number of primary amides is 1. The van der Waals surface area contributed by atoms with E-state index in [2.05, 4.69) is 10.1 Å². The monoisotopic (exact) mass is 228 g/mol. The van der Waals surface area contributed by atoms with Gasteiger partial charge in [0.25, 0.3) is 11.8 Å². The number of carbonyl (C=O) groups is 3. The Morgan fingerprint density at radius 3 is 2.40 bits per heavy atom. The summed E-state index contributed by atoms with van der Waals surface area (Å²) in [5.74, 6) is -1.70. The number of amides is 2. The van der Waals surface area contributed by atoms with Gasteiger partial charge in [-0.2, -0.15) is 4.99 Å². The molecular weight excluding hydrogens is 220 g/mol. The molecule has 0 aromatic carbocycles. The Kier molecular flexibility index (Phi) is 3.10. The van der Waals surface area contributed by atoms with Crippen molar-refractivity contribution in [3.63, 3.8) is 0 Å². The van der Waals surface area contributed by atoms with E-state index in [9.17, 15) is 14.4 Å². The van der Waals surface area contributed by atoms with Crippen LogP contribution in [0.15, 0.2) is 4.99 Å². The van der Waals surface area contributed by atoms with E-state index >= 15 is 0 Å². The highest BCUT2D eigenvalue weighted by Crippen LogP contribution is 1.94. The molecule has 0 aliphatic carbocycles. The van der Waals surface area contributed by atoms with Gasteiger partial charge in [0.1, 0.15) is 0 Å². The zero-order chi connectivity index (χ0) is 11.6. The fourth-order valence-electron chi connectivity index (χ4n) is 0.785. The van der Waals surface area contributed by atoms with Crippen LogP contribution in [0.25, 0.3) is 0 Å². The molecule has 1 aromatic heterocycles. The van der Waals surface area contributed by atoms with E-state index in [0.717, 1.165) is 15.6 Å². The Morgan fingerprint density at radius 1 is 1.40 bits per heavy atom. The average molecular weight is 228 g/mol. The lowest BCUT2D eigenvalue weighted by Crippen LogP contribution is -2.20. The molecular formula is C7H8N4O3S. The van der Waals surface area contributed by atoms with Gasteiger partial charge < -0.3 is 5.73 Å². The SMILES string of the molecule is CC(=O)N=c1sn(C(C)=O)nc1C(N)=O. The number of aromatic nitrogens is 2. The van der Waals surface area contributed by atoms with Crippen molar-refractivity contribution in [2.24, 2.45) is 10.7 Å². The van der Waals surface area contributed by atoms with Gasteiger partial charge in [-0.3, -0.25) is 14.4 Å². The minimum atomic E-state index is -0.828. The van der Waals surface area contributed by atoms with Crippen molar-refractivity contribution in [2.45, 2.75) is 13.8 Å². The van der Waals surface area contributed by atoms with E-state index in [1.807, 2.05) is 0 Å². The lowest BCUT2D eigenvalue weighted by atomic mass is 10.5. The van der Waals surface area contributed by atoms with E-state index in [1.165, 1.54) is 13.8 Å². The molecule has 0 aliphatic heterocycles. The van der Waals surface area contributed by atoms with Crippen molar-refractivity contribution in [3.05, 3.63) is 10.4 Å². The summed E-state index contributed by atoms with van der Waals surface area (Å²) in [7, 11) is 0. The molecule has 0 fully saturated rings. The number of nitrogens with two attached hydrogens (primary N) is 1. The topological polar surface area (TPSA) is 107 Å². The molecule has 15 heavy (non-hydrogen) atoms. The summed E-state index contributed by atoms with van der Waals surface area (Å²) in [4.78, 5) is 36.1. The van der Waals surface area contributed by atoms with Crippen LogP contribution in [0.5, 0.6) is 0 Å². The molecule has 7 nitrogen and oxygen atoms in total. The molecule has 1 heterocycles. The second-order valence-corrected chi connectivity index (χ2v) is 3.55. The maximum Gasteiger partial charge on any atom is 0.272 e. The summed E-state index contributed by atoms with van der Waals surface area (Å²) in [5, 5.41) is 3.63. The third-order valence-corrected chi connectivity index (χ3v) is 2.30. The molecule has 0 bridgehead atoms. The predicted molar refractivity (Wildman–Crippen MR) is 51.2 cm³/mol. The van der Waals surface area contributed by atoms with Gasteiger partial charge in [-0.15, -0.1) is 9.17 Å². The number of nitrogens with zero attached hydrogens (tertiary/aromatic N) is 3. The fourth-order valence-corrected chi connectivity index (χ4v) is 1.60. The zero-order valence-corrected chi connectivity index (χ0v) is 8.87. The van der Waals surface area contributed by atoms with Crippen LogP contribution < -0.4 is 10.4 Å². The van der Waals surface area contributed by atoms with Gasteiger partial charge in [-0.25, -0.2) is 0 Å². The highest BCUT2D eigenvalue weighted by molar-refractivity contribution is 7.05. The molecule has 1 rings (SSSR count). The van der Waals surface area contributed by atoms with Crippen molar-refractivity contribution in [3.8, 4) is 0 Å². The number of hydrogen-bond acceptors (Lipinski definition) is 5. The third kappa shape index (κ3) is 2.56. The molecule has 0 atom stereocenters. The Bertz CT molecular complexity index is 499. The van der Waals surface area contributed by atoms with Crippen LogP contribution in [0, 0.1) is 0 Å². The van der Waals surface area contributed by atoms with Crippen LogP contribution in [0.1, 0.15) is 29.1 Å².